The Balaban J connectivity index is 2.11. The molecule has 2 N–H and O–H groups in total. The number of aliphatic carboxylic acids is 1. The predicted octanol–water partition coefficient (Wildman–Crippen LogP) is 2.89. The largest absolute Gasteiger partial charge is 0.507 e. The number of nitrogens with zero attached hydrogens (tertiary/aromatic N) is 2. The molecule has 0 bridgehead atoms. The molecule has 0 radical (unpaired) electrons. The highest BCUT2D eigenvalue weighted by molar-refractivity contribution is 5.84. The molecule has 0 saturated heterocycles. The van der Waals surface area contributed by atoms with Gasteiger partial charge in [-0.05, 0) is 43.5 Å². The zero-order chi connectivity index (χ0) is 17.8. The summed E-state index contributed by atoms with van der Waals surface area (Å²) in [7, 11) is 0. The van der Waals surface area contributed by atoms with Crippen LogP contribution in [0.15, 0.2) is 53.5 Å². The first-order valence-corrected chi connectivity index (χ1v) is 8.08. The van der Waals surface area contributed by atoms with E-state index in [4.69, 9.17) is 5.11 Å². The Morgan fingerprint density at radius 1 is 1.08 bits per heavy atom. The van der Waals surface area contributed by atoms with E-state index in [1.54, 1.807) is 30.5 Å². The van der Waals surface area contributed by atoms with Crippen LogP contribution in [0, 0.1) is 0 Å². The van der Waals surface area contributed by atoms with Crippen molar-refractivity contribution in [1.29, 1.82) is 0 Å². The fraction of sp³-hybridized carbons (Fsp3) is 0.211. The monoisotopic (exact) mass is 338 g/mol. The fourth-order valence-corrected chi connectivity index (χ4v) is 2.87. The van der Waals surface area contributed by atoms with E-state index in [0.717, 1.165) is 0 Å². The van der Waals surface area contributed by atoms with Crippen LogP contribution in [0.1, 0.15) is 24.8 Å². The van der Waals surface area contributed by atoms with E-state index in [9.17, 15) is 14.7 Å². The number of rotatable bonds is 6. The van der Waals surface area contributed by atoms with Crippen molar-refractivity contribution < 1.29 is 15.0 Å². The van der Waals surface area contributed by atoms with Crippen LogP contribution < -0.4 is 5.56 Å². The summed E-state index contributed by atoms with van der Waals surface area (Å²) in [5.74, 6) is -0.941. The van der Waals surface area contributed by atoms with Gasteiger partial charge in [-0.2, -0.15) is 0 Å². The van der Waals surface area contributed by atoms with Gasteiger partial charge in [-0.3, -0.25) is 14.2 Å². The second-order valence-corrected chi connectivity index (χ2v) is 5.78. The maximum atomic E-state index is 13.0. The van der Waals surface area contributed by atoms with Crippen LogP contribution in [0.25, 0.3) is 16.7 Å². The molecule has 3 aromatic rings. The average molecular weight is 338 g/mol. The van der Waals surface area contributed by atoms with Gasteiger partial charge in [0.15, 0.2) is 5.65 Å². The number of pyridine rings is 2. The third-order valence-corrected chi connectivity index (χ3v) is 4.08. The lowest BCUT2D eigenvalue weighted by atomic mass is 10.0. The Bertz CT molecular complexity index is 964. The van der Waals surface area contributed by atoms with Gasteiger partial charge in [-0.25, -0.2) is 4.98 Å². The lowest BCUT2D eigenvalue weighted by Crippen LogP contribution is -2.23. The number of fused-ring (bicyclic) bond motifs is 1. The zero-order valence-corrected chi connectivity index (χ0v) is 13.6. The summed E-state index contributed by atoms with van der Waals surface area (Å²) < 4.78 is 1.49. The molecule has 0 amide bonds. The molecule has 0 spiro atoms. The number of carboxylic acids is 1. The van der Waals surface area contributed by atoms with Crippen molar-refractivity contribution in [3.05, 3.63) is 64.6 Å². The minimum absolute atomic E-state index is 0.0444. The number of aromatic hydroxyl groups is 1. The van der Waals surface area contributed by atoms with Crippen molar-refractivity contribution in [3.63, 3.8) is 0 Å². The number of aromatic nitrogens is 2. The molecule has 0 aliphatic heterocycles. The van der Waals surface area contributed by atoms with E-state index in [-0.39, 0.29) is 23.3 Å². The number of para-hydroxylation sites is 1. The van der Waals surface area contributed by atoms with Crippen LogP contribution in [-0.4, -0.2) is 25.7 Å². The Morgan fingerprint density at radius 2 is 1.84 bits per heavy atom. The van der Waals surface area contributed by atoms with Crippen LogP contribution in [0.5, 0.6) is 5.75 Å². The molecule has 0 saturated carbocycles. The number of hydrogen-bond acceptors (Lipinski definition) is 4. The van der Waals surface area contributed by atoms with Crippen molar-refractivity contribution in [2.75, 3.05) is 0 Å². The first kappa shape index (κ1) is 16.7. The van der Waals surface area contributed by atoms with Gasteiger partial charge in [0.05, 0.1) is 16.6 Å². The number of unbranched alkanes of at least 4 members (excludes halogenated alkanes) is 1. The SMILES string of the molecule is O=C(O)CCCCc1c(O)c2cccnc2n(-c2ccccc2)c1=O. The van der Waals surface area contributed by atoms with Gasteiger partial charge in [-0.1, -0.05) is 18.2 Å². The van der Waals surface area contributed by atoms with E-state index in [1.807, 2.05) is 18.2 Å². The number of benzene rings is 1. The van der Waals surface area contributed by atoms with Crippen molar-refractivity contribution in [1.82, 2.24) is 9.55 Å². The summed E-state index contributed by atoms with van der Waals surface area (Å²) in [5, 5.41) is 19.8. The second-order valence-electron chi connectivity index (χ2n) is 5.78. The molecule has 6 nitrogen and oxygen atoms in total. The van der Waals surface area contributed by atoms with E-state index in [0.29, 0.717) is 36.0 Å². The summed E-state index contributed by atoms with van der Waals surface area (Å²) >= 11 is 0. The van der Waals surface area contributed by atoms with E-state index in [2.05, 4.69) is 4.98 Å². The summed E-state index contributed by atoms with van der Waals surface area (Å²) in [6.07, 6.45) is 2.89. The summed E-state index contributed by atoms with van der Waals surface area (Å²) in [6, 6.07) is 12.6. The maximum Gasteiger partial charge on any atom is 0.303 e. The molecule has 0 fully saturated rings. The highest BCUT2D eigenvalue weighted by Gasteiger charge is 2.17. The van der Waals surface area contributed by atoms with Gasteiger partial charge < -0.3 is 10.2 Å². The minimum Gasteiger partial charge on any atom is -0.507 e. The average Bonchev–Trinajstić information content (AvgIpc) is 2.62. The Hall–Kier alpha value is -3.15. The lowest BCUT2D eigenvalue weighted by Gasteiger charge is -2.14. The molecule has 6 heteroatoms. The molecule has 3 rings (SSSR count). The van der Waals surface area contributed by atoms with Crippen molar-refractivity contribution >= 4 is 17.0 Å². The van der Waals surface area contributed by atoms with Crippen LogP contribution in [0.4, 0.5) is 0 Å². The number of carboxylic acid groups (broad SMARTS) is 1. The Kier molecular flexibility index (Phi) is 4.79. The van der Waals surface area contributed by atoms with Crippen molar-refractivity contribution in [2.45, 2.75) is 25.7 Å². The molecule has 2 heterocycles. The standard InChI is InChI=1S/C19H18N2O4/c22-16(23)11-5-4-9-15-17(24)14-10-6-12-20-18(14)21(19(15)25)13-7-2-1-3-8-13/h1-3,6-8,10,12,24H,4-5,9,11H2,(H,22,23). The Morgan fingerprint density at radius 3 is 2.56 bits per heavy atom. The Labute approximate surface area is 144 Å². The zero-order valence-electron chi connectivity index (χ0n) is 13.6. The van der Waals surface area contributed by atoms with Gasteiger partial charge in [0.2, 0.25) is 0 Å². The van der Waals surface area contributed by atoms with Crippen LogP contribution >= 0.6 is 0 Å². The molecule has 0 aliphatic carbocycles. The highest BCUT2D eigenvalue weighted by atomic mass is 16.4. The molecule has 25 heavy (non-hydrogen) atoms. The summed E-state index contributed by atoms with van der Waals surface area (Å²) in [6.45, 7) is 0. The number of hydrogen-bond donors (Lipinski definition) is 2. The van der Waals surface area contributed by atoms with Gasteiger partial charge in [0.25, 0.3) is 5.56 Å². The quantitative estimate of drug-likeness (QED) is 0.674. The number of carbonyl (C=O) groups is 1. The van der Waals surface area contributed by atoms with E-state index < -0.39 is 5.97 Å². The van der Waals surface area contributed by atoms with Crippen LogP contribution in [-0.2, 0) is 11.2 Å². The molecule has 0 aliphatic rings. The van der Waals surface area contributed by atoms with Gasteiger partial charge in [0.1, 0.15) is 5.75 Å². The van der Waals surface area contributed by atoms with Crippen molar-refractivity contribution in [2.24, 2.45) is 0 Å². The van der Waals surface area contributed by atoms with Crippen LogP contribution in [0.3, 0.4) is 0 Å². The second kappa shape index (κ2) is 7.17. The van der Waals surface area contributed by atoms with Crippen LogP contribution in [0.2, 0.25) is 0 Å². The molecular formula is C19H18N2O4. The molecular weight excluding hydrogens is 320 g/mol. The summed E-state index contributed by atoms with van der Waals surface area (Å²) in [4.78, 5) is 27.9. The topological polar surface area (TPSA) is 92.4 Å². The van der Waals surface area contributed by atoms with E-state index >= 15 is 0 Å². The smallest absolute Gasteiger partial charge is 0.303 e. The van der Waals surface area contributed by atoms with E-state index in [1.165, 1.54) is 4.57 Å². The lowest BCUT2D eigenvalue weighted by molar-refractivity contribution is -0.137. The minimum atomic E-state index is -0.867. The maximum absolute atomic E-state index is 13.0. The van der Waals surface area contributed by atoms with Gasteiger partial charge in [-0.15, -0.1) is 0 Å². The first-order chi connectivity index (χ1) is 12.1. The molecule has 128 valence electrons. The van der Waals surface area contributed by atoms with Gasteiger partial charge >= 0.3 is 5.97 Å². The normalized spacial score (nSPS) is 10.9. The van der Waals surface area contributed by atoms with Gasteiger partial charge in [0, 0.05) is 12.6 Å². The third-order valence-electron chi connectivity index (χ3n) is 4.08. The summed E-state index contributed by atoms with van der Waals surface area (Å²) in [5.41, 5.74) is 1.02. The molecule has 2 aromatic heterocycles. The highest BCUT2D eigenvalue weighted by Crippen LogP contribution is 2.27. The third kappa shape index (κ3) is 3.38. The van der Waals surface area contributed by atoms with Crippen molar-refractivity contribution in [3.8, 4) is 11.4 Å². The fourth-order valence-electron chi connectivity index (χ4n) is 2.87. The molecule has 1 aromatic carbocycles. The predicted molar refractivity (Wildman–Crippen MR) is 94.2 cm³/mol. The first-order valence-electron chi connectivity index (χ1n) is 8.08. The molecule has 0 unspecified atom stereocenters. The molecule has 0 atom stereocenters.